The molecule has 1 aliphatic carbocycles. The molecule has 0 fully saturated rings. The second kappa shape index (κ2) is 5.19. The maximum Gasteiger partial charge on any atom is 0.0607 e. The maximum atomic E-state index is 9.20. The highest BCUT2D eigenvalue weighted by Crippen LogP contribution is 2.22. The molecule has 2 heteroatoms. The van der Waals surface area contributed by atoms with E-state index in [1.807, 2.05) is 13.8 Å². The quantitative estimate of drug-likeness (QED) is 0.837. The Bertz CT molecular complexity index is 385. The van der Waals surface area contributed by atoms with Gasteiger partial charge in [0, 0.05) is 12.1 Å². The topological polar surface area (TPSA) is 32.3 Å². The van der Waals surface area contributed by atoms with Gasteiger partial charge in [-0.2, -0.15) is 0 Å². The summed E-state index contributed by atoms with van der Waals surface area (Å²) in [7, 11) is 0. The van der Waals surface area contributed by atoms with E-state index in [4.69, 9.17) is 0 Å². The normalized spacial score (nSPS) is 15.7. The van der Waals surface area contributed by atoms with Crippen LogP contribution >= 0.6 is 0 Å². The van der Waals surface area contributed by atoms with E-state index in [9.17, 15) is 5.11 Å². The Hall–Kier alpha value is -0.860. The van der Waals surface area contributed by atoms with Crippen molar-refractivity contribution in [1.29, 1.82) is 0 Å². The zero-order valence-electron chi connectivity index (χ0n) is 10.9. The first-order valence-corrected chi connectivity index (χ1v) is 6.57. The standard InChI is InChI=1S/C15H23NO/c1-15(2,11-17)16-10-12-7-8-13-5-3-4-6-14(13)9-12/h7-9,16-17H,3-6,10-11H2,1-2H3. The molecule has 0 heterocycles. The molecule has 0 bridgehead atoms. The molecule has 2 rings (SSSR count). The lowest BCUT2D eigenvalue weighted by molar-refractivity contribution is 0.187. The maximum absolute atomic E-state index is 9.20. The van der Waals surface area contributed by atoms with Crippen molar-refractivity contribution in [3.63, 3.8) is 0 Å². The van der Waals surface area contributed by atoms with Crippen molar-refractivity contribution in [2.75, 3.05) is 6.61 Å². The number of aryl methyl sites for hydroxylation is 2. The first-order valence-electron chi connectivity index (χ1n) is 6.57. The van der Waals surface area contributed by atoms with Crippen LogP contribution in [0.5, 0.6) is 0 Å². The second-order valence-electron chi connectivity index (χ2n) is 5.71. The fraction of sp³-hybridized carbons (Fsp3) is 0.600. The number of hydrogen-bond donors (Lipinski definition) is 2. The molecule has 94 valence electrons. The smallest absolute Gasteiger partial charge is 0.0607 e. The van der Waals surface area contributed by atoms with Crippen LogP contribution in [0.25, 0.3) is 0 Å². The summed E-state index contributed by atoms with van der Waals surface area (Å²) in [6.45, 7) is 5.04. The Morgan fingerprint density at radius 3 is 2.59 bits per heavy atom. The van der Waals surface area contributed by atoms with Gasteiger partial charge in [0.2, 0.25) is 0 Å². The van der Waals surface area contributed by atoms with E-state index in [-0.39, 0.29) is 12.1 Å². The van der Waals surface area contributed by atoms with E-state index in [0.717, 1.165) is 6.54 Å². The molecule has 0 radical (unpaired) electrons. The first-order chi connectivity index (χ1) is 8.11. The van der Waals surface area contributed by atoms with Gasteiger partial charge in [-0.25, -0.2) is 0 Å². The highest BCUT2D eigenvalue weighted by Gasteiger charge is 2.15. The van der Waals surface area contributed by atoms with Crippen molar-refractivity contribution >= 4 is 0 Å². The summed E-state index contributed by atoms with van der Waals surface area (Å²) in [5.74, 6) is 0. The van der Waals surface area contributed by atoms with Crippen LogP contribution in [0.2, 0.25) is 0 Å². The van der Waals surface area contributed by atoms with Crippen molar-refractivity contribution in [1.82, 2.24) is 5.32 Å². The molecule has 2 N–H and O–H groups in total. The summed E-state index contributed by atoms with van der Waals surface area (Å²) < 4.78 is 0. The molecule has 0 aliphatic heterocycles. The number of hydrogen-bond acceptors (Lipinski definition) is 2. The Balaban J connectivity index is 2.02. The van der Waals surface area contributed by atoms with Crippen LogP contribution in [-0.2, 0) is 19.4 Å². The summed E-state index contributed by atoms with van der Waals surface area (Å²) in [5.41, 5.74) is 4.18. The van der Waals surface area contributed by atoms with Crippen molar-refractivity contribution < 1.29 is 5.11 Å². The van der Waals surface area contributed by atoms with Gasteiger partial charge in [0.05, 0.1) is 6.61 Å². The number of nitrogens with one attached hydrogen (secondary N) is 1. The van der Waals surface area contributed by atoms with Crippen molar-refractivity contribution in [3.8, 4) is 0 Å². The molecule has 0 saturated carbocycles. The fourth-order valence-electron chi connectivity index (χ4n) is 2.29. The third-order valence-corrected chi connectivity index (χ3v) is 3.58. The third-order valence-electron chi connectivity index (χ3n) is 3.58. The predicted octanol–water partition coefficient (Wildman–Crippen LogP) is 2.43. The van der Waals surface area contributed by atoms with Gasteiger partial charge >= 0.3 is 0 Å². The second-order valence-corrected chi connectivity index (χ2v) is 5.71. The summed E-state index contributed by atoms with van der Waals surface area (Å²) in [5, 5.41) is 12.6. The van der Waals surface area contributed by atoms with Crippen molar-refractivity contribution in [2.45, 2.75) is 51.6 Å². The lowest BCUT2D eigenvalue weighted by atomic mass is 9.90. The lowest BCUT2D eigenvalue weighted by Crippen LogP contribution is -2.42. The van der Waals surface area contributed by atoms with Crippen molar-refractivity contribution in [2.24, 2.45) is 0 Å². The highest BCUT2D eigenvalue weighted by molar-refractivity contribution is 5.33. The Kier molecular flexibility index (Phi) is 3.85. The van der Waals surface area contributed by atoms with E-state index in [2.05, 4.69) is 23.5 Å². The molecule has 0 atom stereocenters. The molecule has 17 heavy (non-hydrogen) atoms. The van der Waals surface area contributed by atoms with Gasteiger partial charge < -0.3 is 10.4 Å². The SMILES string of the molecule is CC(C)(CO)NCc1ccc2c(c1)CCCC2. The van der Waals surface area contributed by atoms with Gasteiger partial charge in [-0.05, 0) is 56.2 Å². The minimum Gasteiger partial charge on any atom is -0.394 e. The summed E-state index contributed by atoms with van der Waals surface area (Å²) in [4.78, 5) is 0. The Labute approximate surface area is 104 Å². The molecule has 1 aromatic rings. The third kappa shape index (κ3) is 3.30. The number of aliphatic hydroxyl groups is 1. The molecule has 1 aliphatic rings. The number of benzene rings is 1. The molecule has 2 nitrogen and oxygen atoms in total. The van der Waals surface area contributed by atoms with Crippen molar-refractivity contribution in [3.05, 3.63) is 34.9 Å². The zero-order chi connectivity index (χ0) is 12.3. The molecular weight excluding hydrogens is 210 g/mol. The molecular formula is C15H23NO. The van der Waals surface area contributed by atoms with Gasteiger partial charge in [0.1, 0.15) is 0 Å². The summed E-state index contributed by atoms with van der Waals surface area (Å²) >= 11 is 0. The van der Waals surface area contributed by atoms with Crippen LogP contribution in [0.4, 0.5) is 0 Å². The van der Waals surface area contributed by atoms with Crippen LogP contribution in [0, 0.1) is 0 Å². The monoisotopic (exact) mass is 233 g/mol. The van der Waals surface area contributed by atoms with E-state index >= 15 is 0 Å². The van der Waals surface area contributed by atoms with Crippen LogP contribution in [-0.4, -0.2) is 17.3 Å². The van der Waals surface area contributed by atoms with E-state index in [1.54, 1.807) is 0 Å². The average Bonchev–Trinajstić information content (AvgIpc) is 2.36. The number of aliphatic hydroxyl groups excluding tert-OH is 1. The zero-order valence-corrected chi connectivity index (χ0v) is 10.9. The summed E-state index contributed by atoms with van der Waals surface area (Å²) in [6, 6.07) is 6.82. The minimum absolute atomic E-state index is 0.165. The van der Waals surface area contributed by atoms with Crippen LogP contribution in [0.15, 0.2) is 18.2 Å². The Morgan fingerprint density at radius 2 is 1.88 bits per heavy atom. The number of rotatable bonds is 4. The molecule has 1 aromatic carbocycles. The highest BCUT2D eigenvalue weighted by atomic mass is 16.3. The van der Waals surface area contributed by atoms with Gasteiger partial charge in [-0.3, -0.25) is 0 Å². The Morgan fingerprint density at radius 1 is 1.18 bits per heavy atom. The largest absolute Gasteiger partial charge is 0.394 e. The van der Waals surface area contributed by atoms with E-state index in [0.29, 0.717) is 0 Å². The average molecular weight is 233 g/mol. The van der Waals surface area contributed by atoms with Crippen LogP contribution < -0.4 is 5.32 Å². The summed E-state index contributed by atoms with van der Waals surface area (Å²) in [6.07, 6.45) is 5.13. The van der Waals surface area contributed by atoms with Gasteiger partial charge in [-0.15, -0.1) is 0 Å². The number of fused-ring (bicyclic) bond motifs is 1. The predicted molar refractivity (Wildman–Crippen MR) is 71.1 cm³/mol. The van der Waals surface area contributed by atoms with E-state index < -0.39 is 0 Å². The van der Waals surface area contributed by atoms with E-state index in [1.165, 1.54) is 42.4 Å². The molecule has 0 amide bonds. The van der Waals surface area contributed by atoms with Gasteiger partial charge in [-0.1, -0.05) is 18.2 Å². The van der Waals surface area contributed by atoms with Crippen LogP contribution in [0.3, 0.4) is 0 Å². The molecule has 0 spiro atoms. The minimum atomic E-state index is -0.199. The lowest BCUT2D eigenvalue weighted by Gasteiger charge is -2.24. The molecule has 0 aromatic heterocycles. The molecule has 0 saturated heterocycles. The van der Waals surface area contributed by atoms with Crippen LogP contribution in [0.1, 0.15) is 43.4 Å². The fourth-order valence-corrected chi connectivity index (χ4v) is 2.29. The molecule has 0 unspecified atom stereocenters. The van der Waals surface area contributed by atoms with Gasteiger partial charge in [0.15, 0.2) is 0 Å². The van der Waals surface area contributed by atoms with Gasteiger partial charge in [0.25, 0.3) is 0 Å². The first kappa shape index (κ1) is 12.6.